The van der Waals surface area contributed by atoms with Crippen LogP contribution in [0.3, 0.4) is 0 Å². The van der Waals surface area contributed by atoms with Crippen LogP contribution in [-0.4, -0.2) is 26.5 Å². The average molecular weight is 348 g/mol. The molecule has 0 N–H and O–H groups in total. The van der Waals surface area contributed by atoms with Gasteiger partial charge in [0.15, 0.2) is 0 Å². The lowest BCUT2D eigenvalue weighted by Crippen LogP contribution is -2.28. The highest BCUT2D eigenvalue weighted by Gasteiger charge is 2.48. The quantitative estimate of drug-likeness (QED) is 0.482. The van der Waals surface area contributed by atoms with Crippen LogP contribution in [0.5, 0.6) is 5.75 Å². The Morgan fingerprint density at radius 1 is 1.17 bits per heavy atom. The van der Waals surface area contributed by atoms with Crippen molar-refractivity contribution in [1.82, 2.24) is 0 Å². The Morgan fingerprint density at radius 3 is 2.48 bits per heavy atom. The molecule has 0 aliphatic rings. The molecule has 0 amide bonds. The van der Waals surface area contributed by atoms with Gasteiger partial charge in [-0.05, 0) is 42.0 Å². The maximum Gasteiger partial charge on any atom is 0.534 e. The van der Waals surface area contributed by atoms with Crippen molar-refractivity contribution in [2.24, 2.45) is 0 Å². The van der Waals surface area contributed by atoms with E-state index in [1.807, 2.05) is 0 Å². The van der Waals surface area contributed by atoms with E-state index in [4.69, 9.17) is 4.74 Å². The Bertz CT molecular complexity index is 843. The second-order valence-electron chi connectivity index (χ2n) is 4.39. The minimum atomic E-state index is -5.75. The smallest absolute Gasteiger partial charge is 0.462 e. The van der Waals surface area contributed by atoms with E-state index in [2.05, 4.69) is 4.18 Å². The summed E-state index contributed by atoms with van der Waals surface area (Å²) in [5, 5.41) is 0.744. The van der Waals surface area contributed by atoms with Gasteiger partial charge in [-0.1, -0.05) is 12.1 Å². The predicted octanol–water partition coefficient (Wildman–Crippen LogP) is 3.24. The molecule has 2 aromatic rings. The van der Waals surface area contributed by atoms with Crippen LogP contribution in [0.25, 0.3) is 10.8 Å². The summed E-state index contributed by atoms with van der Waals surface area (Å²) in [6.45, 7) is 1.80. The summed E-state index contributed by atoms with van der Waals surface area (Å²) < 4.78 is 67.9. The van der Waals surface area contributed by atoms with Crippen LogP contribution in [-0.2, 0) is 14.9 Å². The van der Waals surface area contributed by atoms with Crippen molar-refractivity contribution >= 4 is 26.9 Å². The largest absolute Gasteiger partial charge is 0.534 e. The van der Waals surface area contributed by atoms with Crippen LogP contribution in [0.2, 0.25) is 0 Å². The van der Waals surface area contributed by atoms with Gasteiger partial charge in [0, 0.05) is 0 Å². The van der Waals surface area contributed by atoms with Crippen LogP contribution >= 0.6 is 0 Å². The monoisotopic (exact) mass is 348 g/mol. The summed E-state index contributed by atoms with van der Waals surface area (Å²) in [5.41, 5.74) is -5.30. The van der Waals surface area contributed by atoms with Crippen LogP contribution in [0.4, 0.5) is 13.2 Å². The van der Waals surface area contributed by atoms with E-state index >= 15 is 0 Å². The normalized spacial score (nSPS) is 12.2. The zero-order chi connectivity index (χ0) is 17.3. The molecule has 0 saturated heterocycles. The lowest BCUT2D eigenvalue weighted by atomic mass is 10.0. The molecular formula is C14H11F3O5S. The van der Waals surface area contributed by atoms with Crippen LogP contribution in [0.15, 0.2) is 36.4 Å². The Morgan fingerprint density at radius 2 is 1.87 bits per heavy atom. The van der Waals surface area contributed by atoms with Crippen molar-refractivity contribution in [3.05, 3.63) is 42.0 Å². The third-order valence-electron chi connectivity index (χ3n) is 2.84. The summed E-state index contributed by atoms with van der Waals surface area (Å²) in [4.78, 5) is 11.8. The molecule has 2 aromatic carbocycles. The topological polar surface area (TPSA) is 69.7 Å². The zero-order valence-electron chi connectivity index (χ0n) is 11.8. The summed E-state index contributed by atoms with van der Waals surface area (Å²) in [6, 6.07) is 7.92. The summed E-state index contributed by atoms with van der Waals surface area (Å²) in [6.07, 6.45) is 0. The van der Waals surface area contributed by atoms with Gasteiger partial charge < -0.3 is 8.92 Å². The second-order valence-corrected chi connectivity index (χ2v) is 5.93. The molecule has 0 saturated carbocycles. The lowest BCUT2D eigenvalue weighted by molar-refractivity contribution is -0.0500. The number of carbonyl (C=O) groups is 1. The molecule has 0 radical (unpaired) electrons. The fourth-order valence-corrected chi connectivity index (χ4v) is 2.33. The molecule has 9 heteroatoms. The van der Waals surface area contributed by atoms with Crippen molar-refractivity contribution in [2.75, 3.05) is 6.61 Å². The van der Waals surface area contributed by atoms with Crippen LogP contribution in [0, 0.1) is 0 Å². The van der Waals surface area contributed by atoms with Crippen molar-refractivity contribution in [3.8, 4) is 5.75 Å². The standard InChI is InChI=1S/C14H11F3O5S/c1-2-21-13(18)12-5-3-4-9-8-10(6-7-11(9)12)22-23(19,20)14(15,16)17/h3-8H,2H2,1H3. The zero-order valence-corrected chi connectivity index (χ0v) is 12.6. The third-order valence-corrected chi connectivity index (χ3v) is 3.82. The molecule has 0 atom stereocenters. The number of carbonyl (C=O) groups excluding carboxylic acids is 1. The number of hydrogen-bond acceptors (Lipinski definition) is 5. The van der Waals surface area contributed by atoms with E-state index in [1.165, 1.54) is 24.3 Å². The molecular weight excluding hydrogens is 337 g/mol. The van der Waals surface area contributed by atoms with E-state index < -0.39 is 27.3 Å². The fraction of sp³-hybridized carbons (Fsp3) is 0.214. The molecule has 0 spiro atoms. The molecule has 0 aliphatic carbocycles. The Labute approximate surface area is 129 Å². The summed E-state index contributed by atoms with van der Waals surface area (Å²) in [5.74, 6) is -1.09. The van der Waals surface area contributed by atoms with Gasteiger partial charge in [0.2, 0.25) is 0 Å². The van der Waals surface area contributed by atoms with E-state index in [0.717, 1.165) is 12.1 Å². The molecule has 5 nitrogen and oxygen atoms in total. The fourth-order valence-electron chi connectivity index (χ4n) is 1.87. The highest BCUT2D eigenvalue weighted by Crippen LogP contribution is 2.29. The first kappa shape index (κ1) is 17.1. The van der Waals surface area contributed by atoms with Gasteiger partial charge in [-0.2, -0.15) is 21.6 Å². The number of hydrogen-bond donors (Lipinski definition) is 0. The molecule has 124 valence electrons. The first-order valence-corrected chi connectivity index (χ1v) is 7.77. The van der Waals surface area contributed by atoms with Crippen LogP contribution in [0.1, 0.15) is 17.3 Å². The molecule has 23 heavy (non-hydrogen) atoms. The molecule has 0 aromatic heterocycles. The predicted molar refractivity (Wildman–Crippen MR) is 75.5 cm³/mol. The highest BCUT2D eigenvalue weighted by atomic mass is 32.2. The number of alkyl halides is 3. The Kier molecular flexibility index (Phi) is 4.51. The maximum atomic E-state index is 12.3. The van der Waals surface area contributed by atoms with Crippen molar-refractivity contribution < 1.29 is 35.3 Å². The van der Waals surface area contributed by atoms with E-state index in [9.17, 15) is 26.4 Å². The van der Waals surface area contributed by atoms with Crippen LogP contribution < -0.4 is 4.18 Å². The van der Waals surface area contributed by atoms with Gasteiger partial charge in [0.1, 0.15) is 5.75 Å². The number of ether oxygens (including phenoxy) is 1. The van der Waals surface area contributed by atoms with Gasteiger partial charge >= 0.3 is 21.6 Å². The number of fused-ring (bicyclic) bond motifs is 1. The number of benzene rings is 2. The molecule has 0 fully saturated rings. The van der Waals surface area contributed by atoms with Gasteiger partial charge in [-0.15, -0.1) is 0 Å². The minimum absolute atomic E-state index is 0.167. The van der Waals surface area contributed by atoms with Crippen molar-refractivity contribution in [3.63, 3.8) is 0 Å². The Hall–Kier alpha value is -2.29. The molecule has 0 heterocycles. The minimum Gasteiger partial charge on any atom is -0.462 e. The first-order valence-electron chi connectivity index (χ1n) is 6.36. The van der Waals surface area contributed by atoms with Gasteiger partial charge in [0.05, 0.1) is 12.2 Å². The van der Waals surface area contributed by atoms with Crippen molar-refractivity contribution in [2.45, 2.75) is 12.4 Å². The molecule has 2 rings (SSSR count). The summed E-state index contributed by atoms with van der Waals surface area (Å²) >= 11 is 0. The van der Waals surface area contributed by atoms with Gasteiger partial charge in [-0.25, -0.2) is 4.79 Å². The number of esters is 1. The first-order chi connectivity index (χ1) is 10.7. The van der Waals surface area contributed by atoms with Crippen molar-refractivity contribution in [1.29, 1.82) is 0 Å². The number of halogens is 3. The van der Waals surface area contributed by atoms with Gasteiger partial charge in [-0.3, -0.25) is 0 Å². The van der Waals surface area contributed by atoms with E-state index in [-0.39, 0.29) is 12.2 Å². The molecule has 0 bridgehead atoms. The maximum absolute atomic E-state index is 12.3. The number of rotatable bonds is 4. The SMILES string of the molecule is CCOC(=O)c1cccc2cc(OS(=O)(=O)C(F)(F)F)ccc12. The van der Waals surface area contributed by atoms with E-state index in [1.54, 1.807) is 6.92 Å². The summed E-state index contributed by atoms with van der Waals surface area (Å²) in [7, 11) is -5.75. The van der Waals surface area contributed by atoms with Gasteiger partial charge in [0.25, 0.3) is 0 Å². The second kappa shape index (κ2) is 6.07. The highest BCUT2D eigenvalue weighted by molar-refractivity contribution is 7.88. The lowest BCUT2D eigenvalue weighted by Gasteiger charge is -2.11. The average Bonchev–Trinajstić information content (AvgIpc) is 2.45. The van der Waals surface area contributed by atoms with E-state index in [0.29, 0.717) is 10.8 Å². The molecule has 0 aliphatic heterocycles. The third kappa shape index (κ3) is 3.55. The molecule has 0 unspecified atom stereocenters. The Balaban J connectivity index is 2.43.